The van der Waals surface area contributed by atoms with Gasteiger partial charge in [0.2, 0.25) is 11.5 Å². The van der Waals surface area contributed by atoms with E-state index in [4.69, 9.17) is 28.4 Å². The van der Waals surface area contributed by atoms with Gasteiger partial charge in [0.05, 0.1) is 51.5 Å². The van der Waals surface area contributed by atoms with Gasteiger partial charge in [-0.2, -0.15) is 0 Å². The summed E-state index contributed by atoms with van der Waals surface area (Å²) in [4.78, 5) is 46.8. The van der Waals surface area contributed by atoms with E-state index in [9.17, 15) is 19.2 Å². The highest BCUT2D eigenvalue weighted by Crippen LogP contribution is 2.42. The molecule has 0 unspecified atom stereocenters. The van der Waals surface area contributed by atoms with Crippen LogP contribution in [0.25, 0.3) is 12.2 Å². The van der Waals surface area contributed by atoms with Gasteiger partial charge < -0.3 is 28.4 Å². The first-order valence-electron chi connectivity index (χ1n) is 18.5. The number of carbonyl (C=O) groups excluding carboxylic acids is 4. The number of ether oxygens (including phenoxy) is 6. The van der Waals surface area contributed by atoms with E-state index in [1.54, 1.807) is 64.9 Å². The third kappa shape index (κ3) is 11.4. The first-order valence-corrected chi connectivity index (χ1v) is 20.1. The summed E-state index contributed by atoms with van der Waals surface area (Å²) in [5.41, 5.74) is 1.41. The van der Waals surface area contributed by atoms with Crippen LogP contribution in [-0.2, 0) is 9.59 Å². The molecule has 2 N–H and O–H groups in total. The van der Waals surface area contributed by atoms with Crippen molar-refractivity contribution >= 4 is 58.0 Å². The molecule has 0 bridgehead atoms. The minimum atomic E-state index is -0.393. The molecule has 292 valence electrons. The predicted octanol–water partition coefficient (Wildman–Crippen LogP) is 8.75. The molecule has 2 aromatic rings. The number of amides is 4. The number of rotatable bonds is 14. The quantitative estimate of drug-likeness (QED) is 0.177. The predicted molar refractivity (Wildman–Crippen MR) is 211 cm³/mol. The van der Waals surface area contributed by atoms with Gasteiger partial charge in [-0.1, -0.05) is 64.2 Å². The van der Waals surface area contributed by atoms with Crippen LogP contribution in [0.2, 0.25) is 0 Å². The standard InChI is InChI=1S/2C20H25NO5S/c2*1-24-15-10-14(12-17-19(22)21-20(23)27-17)11-16(25-2)18(15)26-9-8-13-6-4-3-5-7-13/h2*10-13H,3-9H2,1-2H3,(H,21,22,23). The Hall–Kier alpha value is -4.30. The fourth-order valence-corrected chi connectivity index (χ4v) is 8.37. The molecule has 2 aliphatic carbocycles. The van der Waals surface area contributed by atoms with E-state index in [0.717, 1.165) is 48.2 Å². The Morgan fingerprint density at radius 3 is 1.17 bits per heavy atom. The van der Waals surface area contributed by atoms with Crippen LogP contribution in [0.15, 0.2) is 34.1 Å². The molecule has 0 spiro atoms. The van der Waals surface area contributed by atoms with Gasteiger partial charge in [0.25, 0.3) is 22.3 Å². The van der Waals surface area contributed by atoms with Crippen molar-refractivity contribution in [2.24, 2.45) is 11.8 Å². The Balaban J connectivity index is 0.000000208. The minimum absolute atomic E-state index is 0.343. The Bertz CT molecular complexity index is 1560. The number of hydrogen-bond donors (Lipinski definition) is 2. The lowest BCUT2D eigenvalue weighted by Crippen LogP contribution is -2.17. The van der Waals surface area contributed by atoms with Gasteiger partial charge >= 0.3 is 0 Å². The summed E-state index contributed by atoms with van der Waals surface area (Å²) < 4.78 is 33.9. The van der Waals surface area contributed by atoms with Gasteiger partial charge in [0, 0.05) is 0 Å². The van der Waals surface area contributed by atoms with E-state index in [-0.39, 0.29) is 10.5 Å². The van der Waals surface area contributed by atoms with E-state index in [1.807, 2.05) is 0 Å². The van der Waals surface area contributed by atoms with E-state index in [2.05, 4.69) is 10.6 Å². The summed E-state index contributed by atoms with van der Waals surface area (Å²) in [7, 11) is 6.28. The monoisotopic (exact) mass is 782 g/mol. The van der Waals surface area contributed by atoms with Crippen molar-refractivity contribution in [2.45, 2.75) is 77.0 Å². The molecule has 0 radical (unpaired) electrons. The number of thioether (sulfide) groups is 2. The van der Waals surface area contributed by atoms with Crippen LogP contribution in [0.1, 0.15) is 88.2 Å². The summed E-state index contributed by atoms with van der Waals surface area (Å²) >= 11 is 1.76. The van der Waals surface area contributed by atoms with Crippen molar-refractivity contribution < 1.29 is 47.6 Å². The maximum absolute atomic E-state index is 11.7. The third-order valence-electron chi connectivity index (χ3n) is 9.84. The second kappa shape index (κ2) is 20.4. The average Bonchev–Trinajstić information content (AvgIpc) is 3.68. The van der Waals surface area contributed by atoms with Crippen LogP contribution in [0, 0.1) is 11.8 Å². The van der Waals surface area contributed by atoms with E-state index >= 15 is 0 Å². The molecule has 6 rings (SSSR count). The van der Waals surface area contributed by atoms with Gasteiger partial charge in [-0.25, -0.2) is 0 Å². The molecule has 2 aromatic carbocycles. The second-order valence-corrected chi connectivity index (χ2v) is 15.5. The first-order chi connectivity index (χ1) is 26.2. The number of benzene rings is 2. The van der Waals surface area contributed by atoms with E-state index in [0.29, 0.717) is 68.6 Å². The molecule has 12 nitrogen and oxygen atoms in total. The third-order valence-corrected chi connectivity index (χ3v) is 11.5. The summed E-state index contributed by atoms with van der Waals surface area (Å²) in [5, 5.41) is 3.75. The second-order valence-electron chi connectivity index (χ2n) is 13.5. The van der Waals surface area contributed by atoms with Crippen LogP contribution < -0.4 is 39.1 Å². The molecule has 14 heteroatoms. The number of carbonyl (C=O) groups is 4. The molecule has 4 amide bonds. The zero-order valence-corrected chi connectivity index (χ0v) is 33.1. The van der Waals surface area contributed by atoms with Crippen LogP contribution in [0.3, 0.4) is 0 Å². The molecule has 2 heterocycles. The Morgan fingerprint density at radius 1 is 0.556 bits per heavy atom. The number of imide groups is 2. The molecule has 2 saturated carbocycles. The fourth-order valence-electron chi connectivity index (χ4n) is 7.00. The maximum Gasteiger partial charge on any atom is 0.290 e. The zero-order valence-electron chi connectivity index (χ0n) is 31.4. The van der Waals surface area contributed by atoms with Crippen LogP contribution >= 0.6 is 23.5 Å². The molecule has 0 atom stereocenters. The van der Waals surface area contributed by atoms with Gasteiger partial charge in [-0.3, -0.25) is 29.8 Å². The molecular formula is C40H50N2O10S2. The van der Waals surface area contributed by atoms with Crippen molar-refractivity contribution in [1.82, 2.24) is 10.6 Å². The molecule has 2 aliphatic heterocycles. The highest BCUT2D eigenvalue weighted by Gasteiger charge is 2.27. The highest BCUT2D eigenvalue weighted by atomic mass is 32.2. The van der Waals surface area contributed by atoms with E-state index in [1.165, 1.54) is 64.2 Å². The summed E-state index contributed by atoms with van der Waals surface area (Å²) in [6, 6.07) is 7.12. The van der Waals surface area contributed by atoms with Crippen molar-refractivity contribution in [3.63, 3.8) is 0 Å². The van der Waals surface area contributed by atoms with Crippen LogP contribution in [-0.4, -0.2) is 63.9 Å². The Kier molecular flexibility index (Phi) is 15.4. The zero-order chi connectivity index (χ0) is 38.5. The van der Waals surface area contributed by atoms with Gasteiger partial charge in [-0.15, -0.1) is 0 Å². The summed E-state index contributed by atoms with van der Waals surface area (Å²) in [6.07, 6.45) is 18.4. The lowest BCUT2D eigenvalue weighted by Gasteiger charge is -2.22. The lowest BCUT2D eigenvalue weighted by atomic mass is 9.87. The van der Waals surface area contributed by atoms with E-state index < -0.39 is 11.8 Å². The molecule has 2 saturated heterocycles. The number of hydrogen-bond acceptors (Lipinski definition) is 12. The highest BCUT2D eigenvalue weighted by molar-refractivity contribution is 8.18. The first kappa shape index (κ1) is 40.9. The van der Waals surface area contributed by atoms with Crippen molar-refractivity contribution in [2.75, 3.05) is 41.7 Å². The van der Waals surface area contributed by atoms with Crippen molar-refractivity contribution in [1.29, 1.82) is 0 Å². The molecule has 4 fully saturated rings. The normalized spacial score (nSPS) is 19.3. The lowest BCUT2D eigenvalue weighted by molar-refractivity contribution is -0.116. The molecule has 54 heavy (non-hydrogen) atoms. The SMILES string of the molecule is COc1cc(C=C2SC(=O)NC2=O)cc(OC)c1OCCC1CCCCC1.COc1cc(C=C2SC(=O)NC2=O)cc(OC)c1OCCC1CCCCC1. The smallest absolute Gasteiger partial charge is 0.290 e. The van der Waals surface area contributed by atoms with Gasteiger partial charge in [-0.05, 0) is 95.7 Å². The van der Waals surface area contributed by atoms with Gasteiger partial charge in [0.15, 0.2) is 23.0 Å². The van der Waals surface area contributed by atoms with Gasteiger partial charge in [0.1, 0.15) is 0 Å². The number of methoxy groups -OCH3 is 4. The summed E-state index contributed by atoms with van der Waals surface area (Å²) in [5.74, 6) is 3.98. The summed E-state index contributed by atoms with van der Waals surface area (Å²) in [6.45, 7) is 1.23. The maximum atomic E-state index is 11.7. The number of nitrogens with one attached hydrogen (secondary N) is 2. The molecular weight excluding hydrogens is 733 g/mol. The minimum Gasteiger partial charge on any atom is -0.493 e. The Labute approximate surface area is 325 Å². The fraction of sp³-hybridized carbons (Fsp3) is 0.500. The van der Waals surface area contributed by atoms with Crippen molar-refractivity contribution in [3.05, 3.63) is 45.2 Å². The molecule has 4 aliphatic rings. The Morgan fingerprint density at radius 2 is 0.889 bits per heavy atom. The topological polar surface area (TPSA) is 148 Å². The van der Waals surface area contributed by atoms with Crippen LogP contribution in [0.4, 0.5) is 9.59 Å². The largest absolute Gasteiger partial charge is 0.493 e. The average molecular weight is 783 g/mol. The van der Waals surface area contributed by atoms with Crippen LogP contribution in [0.5, 0.6) is 34.5 Å². The molecule has 0 aromatic heterocycles. The van der Waals surface area contributed by atoms with Crippen molar-refractivity contribution in [3.8, 4) is 34.5 Å².